The Hall–Kier alpha value is -0.860. The van der Waals surface area contributed by atoms with Crippen LogP contribution in [0.1, 0.15) is 68.4 Å². The minimum absolute atomic E-state index is 0.458. The van der Waals surface area contributed by atoms with E-state index in [1.165, 1.54) is 57.8 Å². The molecule has 0 spiro atoms. The summed E-state index contributed by atoms with van der Waals surface area (Å²) >= 11 is 0. The van der Waals surface area contributed by atoms with Gasteiger partial charge in [-0.15, -0.1) is 0 Å². The van der Waals surface area contributed by atoms with Crippen LogP contribution >= 0.6 is 0 Å². The molecule has 0 saturated heterocycles. The lowest BCUT2D eigenvalue weighted by Gasteiger charge is -2.35. The van der Waals surface area contributed by atoms with E-state index in [1.54, 1.807) is 11.1 Å². The fraction of sp³-hybridized carbons (Fsp3) is 0.667. The van der Waals surface area contributed by atoms with Gasteiger partial charge in [-0.3, -0.25) is 11.3 Å². The Kier molecular flexibility index (Phi) is 4.74. The average molecular weight is 272 g/mol. The maximum absolute atomic E-state index is 5.93. The van der Waals surface area contributed by atoms with Crippen LogP contribution in [0.15, 0.2) is 24.3 Å². The fourth-order valence-electron chi connectivity index (χ4n) is 4.34. The molecule has 1 aromatic carbocycles. The van der Waals surface area contributed by atoms with E-state index >= 15 is 0 Å². The van der Waals surface area contributed by atoms with Crippen molar-refractivity contribution in [3.05, 3.63) is 35.4 Å². The largest absolute Gasteiger partial charge is 0.271 e. The van der Waals surface area contributed by atoms with E-state index < -0.39 is 0 Å². The monoisotopic (exact) mass is 272 g/mol. The van der Waals surface area contributed by atoms with Crippen LogP contribution in [-0.4, -0.2) is 6.04 Å². The van der Waals surface area contributed by atoms with Gasteiger partial charge in [0.15, 0.2) is 0 Å². The van der Waals surface area contributed by atoms with Crippen molar-refractivity contribution in [2.45, 2.75) is 69.7 Å². The minimum atomic E-state index is 0.458. The summed E-state index contributed by atoms with van der Waals surface area (Å²) in [6.45, 7) is 0. The zero-order valence-electron chi connectivity index (χ0n) is 12.5. The molecule has 1 fully saturated rings. The number of hydrogen-bond donors (Lipinski definition) is 2. The first-order valence-electron chi connectivity index (χ1n) is 8.42. The highest BCUT2D eigenvalue weighted by molar-refractivity contribution is 5.33. The van der Waals surface area contributed by atoms with E-state index in [4.69, 9.17) is 5.84 Å². The van der Waals surface area contributed by atoms with E-state index in [0.29, 0.717) is 12.0 Å². The van der Waals surface area contributed by atoms with Crippen LogP contribution in [0.5, 0.6) is 0 Å². The molecule has 2 unspecified atom stereocenters. The molecular weight excluding hydrogens is 244 g/mol. The number of fused-ring (bicyclic) bond motifs is 1. The second-order valence-corrected chi connectivity index (χ2v) is 6.71. The predicted octanol–water partition coefficient (Wildman–Crippen LogP) is 3.91. The lowest BCUT2D eigenvalue weighted by atomic mass is 9.74. The zero-order valence-corrected chi connectivity index (χ0v) is 12.5. The highest BCUT2D eigenvalue weighted by Gasteiger charge is 2.29. The van der Waals surface area contributed by atoms with E-state index in [9.17, 15) is 0 Å². The third-order valence-electron chi connectivity index (χ3n) is 5.43. The molecule has 2 heteroatoms. The van der Waals surface area contributed by atoms with Crippen molar-refractivity contribution in [1.82, 2.24) is 5.43 Å². The molecule has 110 valence electrons. The summed E-state index contributed by atoms with van der Waals surface area (Å²) in [5.41, 5.74) is 6.26. The first-order chi connectivity index (χ1) is 9.88. The summed E-state index contributed by atoms with van der Waals surface area (Å²) in [7, 11) is 0. The second kappa shape index (κ2) is 6.73. The van der Waals surface area contributed by atoms with Gasteiger partial charge in [-0.1, -0.05) is 56.4 Å². The molecule has 2 aliphatic carbocycles. The Labute approximate surface area is 123 Å². The SMILES string of the molecule is NNC(CC1CCCCC1)C1CCCc2ccccc21. The molecule has 0 amide bonds. The van der Waals surface area contributed by atoms with Gasteiger partial charge in [0.2, 0.25) is 0 Å². The normalized spacial score (nSPS) is 25.1. The smallest absolute Gasteiger partial charge is 0.0281 e. The molecule has 2 aliphatic rings. The highest BCUT2D eigenvalue weighted by Crippen LogP contribution is 2.37. The molecular formula is C18H28N2. The van der Waals surface area contributed by atoms with Crippen molar-refractivity contribution in [3.8, 4) is 0 Å². The predicted molar refractivity (Wildman–Crippen MR) is 84.4 cm³/mol. The number of benzene rings is 1. The Morgan fingerprint density at radius 3 is 2.65 bits per heavy atom. The Morgan fingerprint density at radius 2 is 1.85 bits per heavy atom. The Balaban J connectivity index is 1.72. The third kappa shape index (κ3) is 3.07. The van der Waals surface area contributed by atoms with Crippen molar-refractivity contribution < 1.29 is 0 Å². The van der Waals surface area contributed by atoms with Gasteiger partial charge in [-0.2, -0.15) is 0 Å². The van der Waals surface area contributed by atoms with Crippen LogP contribution in [0.2, 0.25) is 0 Å². The van der Waals surface area contributed by atoms with Crippen LogP contribution < -0.4 is 11.3 Å². The Bertz CT molecular complexity index is 423. The molecule has 3 rings (SSSR count). The standard InChI is InChI=1S/C18H28N2/c19-20-18(13-14-7-2-1-3-8-14)17-12-6-10-15-9-4-5-11-16(15)17/h4-5,9,11,14,17-18,20H,1-3,6-8,10,12-13,19H2. The highest BCUT2D eigenvalue weighted by atomic mass is 15.2. The number of nitrogens with two attached hydrogens (primary N) is 1. The molecule has 3 N–H and O–H groups in total. The van der Waals surface area contributed by atoms with Crippen LogP contribution in [0.3, 0.4) is 0 Å². The summed E-state index contributed by atoms with van der Waals surface area (Å²) in [4.78, 5) is 0. The fourth-order valence-corrected chi connectivity index (χ4v) is 4.34. The summed E-state index contributed by atoms with van der Waals surface area (Å²) in [6, 6.07) is 9.44. The topological polar surface area (TPSA) is 38.0 Å². The number of aryl methyl sites for hydroxylation is 1. The van der Waals surface area contributed by atoms with Gasteiger partial charge in [-0.05, 0) is 42.7 Å². The van der Waals surface area contributed by atoms with E-state index in [-0.39, 0.29) is 0 Å². The van der Waals surface area contributed by atoms with Gasteiger partial charge >= 0.3 is 0 Å². The first-order valence-corrected chi connectivity index (χ1v) is 8.42. The van der Waals surface area contributed by atoms with E-state index in [1.807, 2.05) is 0 Å². The molecule has 2 nitrogen and oxygen atoms in total. The molecule has 20 heavy (non-hydrogen) atoms. The third-order valence-corrected chi connectivity index (χ3v) is 5.43. The van der Waals surface area contributed by atoms with Crippen LogP contribution in [0, 0.1) is 5.92 Å². The zero-order chi connectivity index (χ0) is 13.8. The van der Waals surface area contributed by atoms with Gasteiger partial charge in [-0.25, -0.2) is 0 Å². The van der Waals surface area contributed by atoms with Crippen molar-refractivity contribution in [1.29, 1.82) is 0 Å². The molecule has 2 atom stereocenters. The molecule has 0 radical (unpaired) electrons. The summed E-state index contributed by atoms with van der Waals surface area (Å²) in [5, 5.41) is 0. The molecule has 0 aromatic heterocycles. The summed E-state index contributed by atoms with van der Waals surface area (Å²) < 4.78 is 0. The quantitative estimate of drug-likeness (QED) is 0.644. The maximum Gasteiger partial charge on any atom is 0.0281 e. The minimum Gasteiger partial charge on any atom is -0.271 e. The number of nitrogens with one attached hydrogen (secondary N) is 1. The first kappa shape index (κ1) is 14.1. The molecule has 0 heterocycles. The Morgan fingerprint density at radius 1 is 1.05 bits per heavy atom. The summed E-state index contributed by atoms with van der Waals surface area (Å²) in [5.74, 6) is 7.43. The van der Waals surface area contributed by atoms with Gasteiger partial charge in [0.05, 0.1) is 0 Å². The number of rotatable bonds is 4. The van der Waals surface area contributed by atoms with Gasteiger partial charge in [0.25, 0.3) is 0 Å². The van der Waals surface area contributed by atoms with Crippen LogP contribution in [0.4, 0.5) is 0 Å². The molecule has 0 bridgehead atoms. The van der Waals surface area contributed by atoms with Crippen molar-refractivity contribution in [3.63, 3.8) is 0 Å². The lowest BCUT2D eigenvalue weighted by Crippen LogP contribution is -2.42. The van der Waals surface area contributed by atoms with Gasteiger partial charge in [0, 0.05) is 12.0 Å². The summed E-state index contributed by atoms with van der Waals surface area (Å²) in [6.07, 6.45) is 12.2. The molecule has 1 aromatic rings. The van der Waals surface area contributed by atoms with Gasteiger partial charge < -0.3 is 0 Å². The van der Waals surface area contributed by atoms with Gasteiger partial charge in [0.1, 0.15) is 0 Å². The van der Waals surface area contributed by atoms with E-state index in [2.05, 4.69) is 29.7 Å². The number of hydrogen-bond acceptors (Lipinski definition) is 2. The van der Waals surface area contributed by atoms with Crippen molar-refractivity contribution in [2.24, 2.45) is 11.8 Å². The van der Waals surface area contributed by atoms with Crippen LogP contribution in [-0.2, 0) is 6.42 Å². The molecule has 1 saturated carbocycles. The lowest BCUT2D eigenvalue weighted by molar-refractivity contribution is 0.269. The number of hydrazine groups is 1. The van der Waals surface area contributed by atoms with Crippen LogP contribution in [0.25, 0.3) is 0 Å². The second-order valence-electron chi connectivity index (χ2n) is 6.71. The van der Waals surface area contributed by atoms with E-state index in [0.717, 1.165) is 5.92 Å². The van der Waals surface area contributed by atoms with Crippen molar-refractivity contribution >= 4 is 0 Å². The maximum atomic E-state index is 5.93. The van der Waals surface area contributed by atoms with Crippen molar-refractivity contribution in [2.75, 3.05) is 0 Å². The molecule has 0 aliphatic heterocycles. The average Bonchev–Trinajstić information content (AvgIpc) is 2.53.